The first-order valence-electron chi connectivity index (χ1n) is 5.54. The van der Waals surface area contributed by atoms with Crippen LogP contribution in [0, 0.1) is 0 Å². The predicted octanol–water partition coefficient (Wildman–Crippen LogP) is 1.33. The molecule has 0 radical (unpaired) electrons. The Labute approximate surface area is 100 Å². The van der Waals surface area contributed by atoms with Crippen LogP contribution in [-0.2, 0) is 0 Å². The molecule has 1 aromatic heterocycles. The standard InChI is InChI=1S/C12H16N2O3/c1-14(2)12(15)9-6-10(17-8-4-5-8)11(16-3)7-13-9/h6-8H,4-5H2,1-3H3. The van der Waals surface area contributed by atoms with E-state index in [4.69, 9.17) is 9.47 Å². The van der Waals surface area contributed by atoms with Crippen molar-refractivity contribution in [3.05, 3.63) is 18.0 Å². The Morgan fingerprint density at radius 2 is 2.12 bits per heavy atom. The Hall–Kier alpha value is -1.78. The van der Waals surface area contributed by atoms with Gasteiger partial charge in [-0.15, -0.1) is 0 Å². The smallest absolute Gasteiger partial charge is 0.272 e. The monoisotopic (exact) mass is 236 g/mol. The third kappa shape index (κ3) is 2.67. The molecule has 1 aliphatic carbocycles. The largest absolute Gasteiger partial charge is 0.491 e. The van der Waals surface area contributed by atoms with Crippen LogP contribution in [-0.4, -0.2) is 43.1 Å². The van der Waals surface area contributed by atoms with Gasteiger partial charge in [-0.25, -0.2) is 4.98 Å². The number of pyridine rings is 1. The minimum absolute atomic E-state index is 0.145. The maximum absolute atomic E-state index is 11.8. The van der Waals surface area contributed by atoms with Gasteiger partial charge in [-0.3, -0.25) is 4.79 Å². The van der Waals surface area contributed by atoms with Gasteiger partial charge < -0.3 is 14.4 Å². The topological polar surface area (TPSA) is 51.7 Å². The van der Waals surface area contributed by atoms with Gasteiger partial charge in [0.2, 0.25) is 0 Å². The third-order valence-electron chi connectivity index (χ3n) is 2.49. The molecule has 5 heteroatoms. The van der Waals surface area contributed by atoms with Crippen LogP contribution in [0.1, 0.15) is 23.3 Å². The molecule has 0 aromatic carbocycles. The minimum atomic E-state index is -0.145. The molecule has 1 aromatic rings. The molecule has 1 saturated carbocycles. The summed E-state index contributed by atoms with van der Waals surface area (Å²) in [5, 5.41) is 0. The van der Waals surface area contributed by atoms with E-state index in [0.717, 1.165) is 12.8 Å². The number of carbonyl (C=O) groups excluding carboxylic acids is 1. The summed E-state index contributed by atoms with van der Waals surface area (Å²) in [6.07, 6.45) is 3.90. The van der Waals surface area contributed by atoms with Crippen molar-refractivity contribution in [1.82, 2.24) is 9.88 Å². The van der Waals surface area contributed by atoms with Crippen LogP contribution in [0.3, 0.4) is 0 Å². The van der Waals surface area contributed by atoms with Crippen molar-refractivity contribution in [3.8, 4) is 11.5 Å². The Bertz CT molecular complexity index is 428. The molecule has 5 nitrogen and oxygen atoms in total. The summed E-state index contributed by atoms with van der Waals surface area (Å²) in [5.41, 5.74) is 0.367. The third-order valence-corrected chi connectivity index (χ3v) is 2.49. The second-order valence-electron chi connectivity index (χ2n) is 4.24. The zero-order valence-electron chi connectivity index (χ0n) is 10.3. The lowest BCUT2D eigenvalue weighted by Crippen LogP contribution is -2.22. The fourth-order valence-electron chi connectivity index (χ4n) is 1.38. The highest BCUT2D eigenvalue weighted by Gasteiger charge is 2.25. The summed E-state index contributed by atoms with van der Waals surface area (Å²) < 4.78 is 10.8. The van der Waals surface area contributed by atoms with Gasteiger partial charge in [-0.05, 0) is 12.8 Å². The zero-order chi connectivity index (χ0) is 12.4. The van der Waals surface area contributed by atoms with E-state index in [1.165, 1.54) is 11.1 Å². The summed E-state index contributed by atoms with van der Waals surface area (Å²) in [6, 6.07) is 1.64. The van der Waals surface area contributed by atoms with Crippen LogP contribution in [0.2, 0.25) is 0 Å². The lowest BCUT2D eigenvalue weighted by Gasteiger charge is -2.13. The number of carbonyl (C=O) groups is 1. The molecule has 92 valence electrons. The first-order valence-corrected chi connectivity index (χ1v) is 5.54. The highest BCUT2D eigenvalue weighted by Crippen LogP contribution is 2.33. The number of hydrogen-bond acceptors (Lipinski definition) is 4. The number of nitrogens with zero attached hydrogens (tertiary/aromatic N) is 2. The van der Waals surface area contributed by atoms with Gasteiger partial charge in [0, 0.05) is 20.2 Å². The highest BCUT2D eigenvalue weighted by atomic mass is 16.5. The average Bonchev–Trinajstić information content (AvgIpc) is 3.11. The van der Waals surface area contributed by atoms with Crippen LogP contribution >= 0.6 is 0 Å². The van der Waals surface area contributed by atoms with Crippen molar-refractivity contribution >= 4 is 5.91 Å². The molecule has 17 heavy (non-hydrogen) atoms. The molecule has 1 heterocycles. The molecule has 0 saturated heterocycles. The molecule has 1 amide bonds. The number of rotatable bonds is 4. The molecule has 0 unspecified atom stereocenters. The van der Waals surface area contributed by atoms with Crippen molar-refractivity contribution in [1.29, 1.82) is 0 Å². The van der Waals surface area contributed by atoms with Crippen LogP contribution in [0.15, 0.2) is 12.3 Å². The SMILES string of the molecule is COc1cnc(C(=O)N(C)C)cc1OC1CC1. The van der Waals surface area contributed by atoms with E-state index in [2.05, 4.69) is 4.98 Å². The predicted molar refractivity (Wildman–Crippen MR) is 62.5 cm³/mol. The van der Waals surface area contributed by atoms with Gasteiger partial charge in [0.05, 0.1) is 19.4 Å². The summed E-state index contributed by atoms with van der Waals surface area (Å²) in [7, 11) is 4.94. The summed E-state index contributed by atoms with van der Waals surface area (Å²) >= 11 is 0. The van der Waals surface area contributed by atoms with E-state index in [1.807, 2.05) is 0 Å². The molecule has 0 atom stereocenters. The maximum Gasteiger partial charge on any atom is 0.272 e. The van der Waals surface area contributed by atoms with Gasteiger partial charge in [0.15, 0.2) is 11.5 Å². The fourth-order valence-corrected chi connectivity index (χ4v) is 1.38. The van der Waals surface area contributed by atoms with E-state index in [-0.39, 0.29) is 12.0 Å². The van der Waals surface area contributed by atoms with E-state index in [0.29, 0.717) is 17.2 Å². The van der Waals surface area contributed by atoms with Crippen LogP contribution in [0.4, 0.5) is 0 Å². The lowest BCUT2D eigenvalue weighted by atomic mass is 10.3. The van der Waals surface area contributed by atoms with E-state index in [9.17, 15) is 4.79 Å². The number of ether oxygens (including phenoxy) is 2. The van der Waals surface area contributed by atoms with Crippen molar-refractivity contribution in [2.45, 2.75) is 18.9 Å². The molecule has 0 aliphatic heterocycles. The Kier molecular flexibility index (Phi) is 3.17. The lowest BCUT2D eigenvalue weighted by molar-refractivity contribution is 0.0821. The van der Waals surface area contributed by atoms with Gasteiger partial charge in [0.1, 0.15) is 5.69 Å². The molecule has 0 bridgehead atoms. The summed E-state index contributed by atoms with van der Waals surface area (Å²) in [5.74, 6) is 1.01. The fraction of sp³-hybridized carbons (Fsp3) is 0.500. The second-order valence-corrected chi connectivity index (χ2v) is 4.24. The number of hydrogen-bond donors (Lipinski definition) is 0. The van der Waals surface area contributed by atoms with E-state index in [1.54, 1.807) is 27.3 Å². The van der Waals surface area contributed by atoms with Crippen molar-refractivity contribution in [2.75, 3.05) is 21.2 Å². The van der Waals surface area contributed by atoms with Crippen LogP contribution in [0.5, 0.6) is 11.5 Å². The number of methoxy groups -OCH3 is 1. The Morgan fingerprint density at radius 1 is 1.41 bits per heavy atom. The second kappa shape index (κ2) is 4.61. The number of aromatic nitrogens is 1. The van der Waals surface area contributed by atoms with Gasteiger partial charge in [-0.2, -0.15) is 0 Å². The molecule has 0 N–H and O–H groups in total. The quantitative estimate of drug-likeness (QED) is 0.791. The molecule has 2 rings (SSSR count). The van der Waals surface area contributed by atoms with Crippen molar-refractivity contribution < 1.29 is 14.3 Å². The minimum Gasteiger partial charge on any atom is -0.491 e. The number of amides is 1. The molecular formula is C12H16N2O3. The van der Waals surface area contributed by atoms with Crippen molar-refractivity contribution in [2.24, 2.45) is 0 Å². The first-order chi connectivity index (χ1) is 8.11. The van der Waals surface area contributed by atoms with Crippen LogP contribution < -0.4 is 9.47 Å². The molecule has 1 aliphatic rings. The Morgan fingerprint density at radius 3 is 2.65 bits per heavy atom. The summed E-state index contributed by atoms with van der Waals surface area (Å²) in [4.78, 5) is 17.3. The average molecular weight is 236 g/mol. The molecule has 0 spiro atoms. The molecular weight excluding hydrogens is 220 g/mol. The van der Waals surface area contributed by atoms with Gasteiger partial charge >= 0.3 is 0 Å². The van der Waals surface area contributed by atoms with Gasteiger partial charge in [-0.1, -0.05) is 0 Å². The normalized spacial score (nSPS) is 14.3. The Balaban J connectivity index is 2.26. The van der Waals surface area contributed by atoms with E-state index >= 15 is 0 Å². The maximum atomic E-state index is 11.8. The van der Waals surface area contributed by atoms with Gasteiger partial charge in [0.25, 0.3) is 5.91 Å². The van der Waals surface area contributed by atoms with Crippen LogP contribution in [0.25, 0.3) is 0 Å². The first kappa shape index (κ1) is 11.7. The molecule has 1 fully saturated rings. The zero-order valence-corrected chi connectivity index (χ0v) is 10.3. The summed E-state index contributed by atoms with van der Waals surface area (Å²) in [6.45, 7) is 0. The van der Waals surface area contributed by atoms with Crippen molar-refractivity contribution in [3.63, 3.8) is 0 Å². The van der Waals surface area contributed by atoms with E-state index < -0.39 is 0 Å². The highest BCUT2D eigenvalue weighted by molar-refractivity contribution is 5.92.